The van der Waals surface area contributed by atoms with Gasteiger partial charge in [0.2, 0.25) is 5.91 Å². The smallest absolute Gasteiger partial charge is 0.414 e. The summed E-state index contributed by atoms with van der Waals surface area (Å²) in [6, 6.07) is 4.70. The van der Waals surface area contributed by atoms with E-state index >= 15 is 0 Å². The third-order valence-electron chi connectivity index (χ3n) is 5.27. The van der Waals surface area contributed by atoms with Crippen LogP contribution in [0.25, 0.3) is 0 Å². The molecule has 2 aliphatic rings. The number of rotatable bonds is 4. The number of cyclic esters (lactones) is 1. The van der Waals surface area contributed by atoms with Gasteiger partial charge in [-0.2, -0.15) is 0 Å². The van der Waals surface area contributed by atoms with Gasteiger partial charge in [0, 0.05) is 25.1 Å². The molecule has 2 aliphatic heterocycles. The highest BCUT2D eigenvalue weighted by Gasteiger charge is 2.35. The van der Waals surface area contributed by atoms with Gasteiger partial charge in [-0.25, -0.2) is 9.59 Å². The molecule has 2 saturated heterocycles. The molecule has 9 heteroatoms. The van der Waals surface area contributed by atoms with E-state index in [9.17, 15) is 19.5 Å². The first kappa shape index (κ1) is 22.7. The number of ether oxygens (including phenoxy) is 2. The van der Waals surface area contributed by atoms with Crippen molar-refractivity contribution < 1.29 is 29.0 Å². The predicted molar refractivity (Wildman–Crippen MR) is 114 cm³/mol. The fourth-order valence-electron chi connectivity index (χ4n) is 3.87. The van der Waals surface area contributed by atoms with E-state index in [4.69, 9.17) is 9.47 Å². The van der Waals surface area contributed by atoms with E-state index in [0.29, 0.717) is 17.8 Å². The average molecular weight is 434 g/mol. The molecule has 9 nitrogen and oxygen atoms in total. The fraction of sp³-hybridized carbons (Fsp3) is 0.591. The van der Waals surface area contributed by atoms with Gasteiger partial charge < -0.3 is 24.8 Å². The minimum atomic E-state index is -0.602. The molecule has 3 rings (SSSR count). The second-order valence-electron chi connectivity index (χ2n) is 8.98. The number of nitrogens with one attached hydrogen (secondary N) is 1. The Kier molecular flexibility index (Phi) is 6.62. The molecule has 1 unspecified atom stereocenters. The van der Waals surface area contributed by atoms with E-state index in [-0.39, 0.29) is 30.8 Å². The second-order valence-corrected chi connectivity index (χ2v) is 8.98. The Bertz CT molecular complexity index is 850. The fourth-order valence-corrected chi connectivity index (χ4v) is 3.87. The van der Waals surface area contributed by atoms with Crippen molar-refractivity contribution in [3.8, 4) is 5.75 Å². The van der Waals surface area contributed by atoms with Crippen molar-refractivity contribution in [2.75, 3.05) is 24.5 Å². The lowest BCUT2D eigenvalue weighted by atomic mass is 9.94. The molecule has 3 amide bonds. The molecule has 31 heavy (non-hydrogen) atoms. The van der Waals surface area contributed by atoms with E-state index in [1.54, 1.807) is 17.0 Å². The first-order valence-corrected chi connectivity index (χ1v) is 10.6. The first-order valence-electron chi connectivity index (χ1n) is 10.6. The zero-order valence-electron chi connectivity index (χ0n) is 18.5. The average Bonchev–Trinajstić information content (AvgIpc) is 3.05. The summed E-state index contributed by atoms with van der Waals surface area (Å²) < 4.78 is 10.8. The van der Waals surface area contributed by atoms with Crippen molar-refractivity contribution in [2.24, 2.45) is 0 Å². The highest BCUT2D eigenvalue weighted by Crippen LogP contribution is 2.38. The number of amides is 3. The second kappa shape index (κ2) is 9.03. The standard InChI is InChI=1S/C22H31N3O6/c1-14(26)23-12-16-13-25(20(28)30-16)15-8-9-17(19(27)11-15)18-7-5-6-10-24(18)21(29)31-22(2,3)4/h8-9,11,16,18,27H,5-7,10,12-13H2,1-4H3,(H,23,26)/t16-,18?/m0/s1. The van der Waals surface area contributed by atoms with Crippen LogP contribution >= 0.6 is 0 Å². The Morgan fingerprint density at radius 1 is 1.29 bits per heavy atom. The van der Waals surface area contributed by atoms with Gasteiger partial charge in [0.15, 0.2) is 0 Å². The molecule has 170 valence electrons. The number of likely N-dealkylation sites (tertiary alicyclic amines) is 1. The number of hydrogen-bond acceptors (Lipinski definition) is 6. The van der Waals surface area contributed by atoms with Crippen LogP contribution in [-0.2, 0) is 14.3 Å². The van der Waals surface area contributed by atoms with Crippen LogP contribution < -0.4 is 10.2 Å². The molecule has 2 fully saturated rings. The summed E-state index contributed by atoms with van der Waals surface area (Å²) in [7, 11) is 0. The third kappa shape index (κ3) is 5.59. The molecule has 0 radical (unpaired) electrons. The van der Waals surface area contributed by atoms with Gasteiger partial charge in [0.25, 0.3) is 0 Å². The van der Waals surface area contributed by atoms with Gasteiger partial charge >= 0.3 is 12.2 Å². The van der Waals surface area contributed by atoms with Crippen LogP contribution in [-0.4, -0.2) is 59.4 Å². The quantitative estimate of drug-likeness (QED) is 0.754. The summed E-state index contributed by atoms with van der Waals surface area (Å²) in [6.07, 6.45) is 1.15. The maximum Gasteiger partial charge on any atom is 0.414 e. The number of carbonyl (C=O) groups excluding carboxylic acids is 3. The Labute approximate surface area is 182 Å². The Morgan fingerprint density at radius 3 is 2.68 bits per heavy atom. The Hall–Kier alpha value is -2.97. The van der Waals surface area contributed by atoms with Crippen LogP contribution in [0.1, 0.15) is 58.6 Å². The number of hydrogen-bond donors (Lipinski definition) is 2. The van der Waals surface area contributed by atoms with Crippen LogP contribution in [0.2, 0.25) is 0 Å². The Balaban J connectivity index is 1.76. The van der Waals surface area contributed by atoms with Crippen molar-refractivity contribution in [1.82, 2.24) is 10.2 Å². The van der Waals surface area contributed by atoms with Crippen LogP contribution in [0.4, 0.5) is 15.3 Å². The lowest BCUT2D eigenvalue weighted by Crippen LogP contribution is -2.41. The number of piperidine rings is 1. The summed E-state index contributed by atoms with van der Waals surface area (Å²) in [4.78, 5) is 39.1. The zero-order valence-corrected chi connectivity index (χ0v) is 18.5. The molecular weight excluding hydrogens is 402 g/mol. The van der Waals surface area contributed by atoms with Crippen molar-refractivity contribution in [3.05, 3.63) is 23.8 Å². The number of aromatic hydroxyl groups is 1. The topological polar surface area (TPSA) is 108 Å². The minimum absolute atomic E-state index is 0.0102. The minimum Gasteiger partial charge on any atom is -0.508 e. The number of phenolic OH excluding ortho intramolecular Hbond substituents is 1. The van der Waals surface area contributed by atoms with E-state index in [2.05, 4.69) is 5.32 Å². The van der Waals surface area contributed by atoms with Gasteiger partial charge in [-0.15, -0.1) is 0 Å². The molecule has 0 bridgehead atoms. The van der Waals surface area contributed by atoms with Gasteiger partial charge in [-0.05, 0) is 46.1 Å². The number of nitrogens with zero attached hydrogens (tertiary/aromatic N) is 2. The summed E-state index contributed by atoms with van der Waals surface area (Å²) in [6.45, 7) is 7.93. The maximum absolute atomic E-state index is 12.7. The van der Waals surface area contributed by atoms with Gasteiger partial charge in [0.1, 0.15) is 17.5 Å². The lowest BCUT2D eigenvalue weighted by molar-refractivity contribution is -0.119. The molecule has 0 spiro atoms. The first-order chi connectivity index (χ1) is 14.5. The molecule has 0 saturated carbocycles. The van der Waals surface area contributed by atoms with Crippen LogP contribution in [0, 0.1) is 0 Å². The molecule has 2 heterocycles. The molecule has 0 aliphatic carbocycles. The Morgan fingerprint density at radius 2 is 2.03 bits per heavy atom. The zero-order chi connectivity index (χ0) is 22.8. The van der Waals surface area contributed by atoms with Gasteiger partial charge in [0.05, 0.1) is 24.8 Å². The maximum atomic E-state index is 12.7. The normalized spacial score (nSPS) is 21.6. The molecule has 0 aromatic heterocycles. The van der Waals surface area contributed by atoms with E-state index in [1.807, 2.05) is 20.8 Å². The predicted octanol–water partition coefficient (Wildman–Crippen LogP) is 3.32. The molecule has 1 aromatic rings. The summed E-state index contributed by atoms with van der Waals surface area (Å²) in [5.41, 5.74) is 0.516. The van der Waals surface area contributed by atoms with Crippen LogP contribution in [0.5, 0.6) is 5.75 Å². The third-order valence-corrected chi connectivity index (χ3v) is 5.27. The summed E-state index contributed by atoms with van der Waals surface area (Å²) >= 11 is 0. The molecule has 2 N–H and O–H groups in total. The van der Waals surface area contributed by atoms with Crippen molar-refractivity contribution in [3.63, 3.8) is 0 Å². The van der Waals surface area contributed by atoms with Crippen molar-refractivity contribution in [2.45, 2.75) is 64.7 Å². The number of anilines is 1. The van der Waals surface area contributed by atoms with Crippen molar-refractivity contribution >= 4 is 23.8 Å². The highest BCUT2D eigenvalue weighted by molar-refractivity contribution is 5.90. The largest absolute Gasteiger partial charge is 0.508 e. The van der Waals surface area contributed by atoms with Crippen molar-refractivity contribution in [1.29, 1.82) is 0 Å². The SMILES string of the molecule is CC(=O)NC[C@H]1CN(c2ccc(C3CCCCN3C(=O)OC(C)(C)C)c(O)c2)C(=O)O1. The number of carbonyl (C=O) groups is 3. The molecule has 1 aromatic carbocycles. The summed E-state index contributed by atoms with van der Waals surface area (Å²) in [5.74, 6) is -0.186. The highest BCUT2D eigenvalue weighted by atomic mass is 16.6. The monoisotopic (exact) mass is 433 g/mol. The van der Waals surface area contributed by atoms with E-state index in [1.165, 1.54) is 17.9 Å². The molecule has 2 atom stereocenters. The summed E-state index contributed by atoms with van der Waals surface area (Å²) in [5, 5.41) is 13.4. The van der Waals surface area contributed by atoms with E-state index in [0.717, 1.165) is 19.3 Å². The van der Waals surface area contributed by atoms with E-state index < -0.39 is 23.9 Å². The van der Waals surface area contributed by atoms with Gasteiger partial charge in [-0.3, -0.25) is 9.69 Å². The number of phenols is 1. The lowest BCUT2D eigenvalue weighted by Gasteiger charge is -2.37. The molecular formula is C22H31N3O6. The number of benzene rings is 1. The van der Waals surface area contributed by atoms with Gasteiger partial charge in [-0.1, -0.05) is 6.07 Å². The van der Waals surface area contributed by atoms with Crippen LogP contribution in [0.3, 0.4) is 0 Å². The van der Waals surface area contributed by atoms with Crippen LogP contribution in [0.15, 0.2) is 18.2 Å².